The first kappa shape index (κ1) is 15.1. The van der Waals surface area contributed by atoms with Gasteiger partial charge in [-0.1, -0.05) is 45.4 Å². The second kappa shape index (κ2) is 6.86. The Kier molecular flexibility index (Phi) is 5.76. The minimum Gasteiger partial charge on any atom is -0.330 e. The van der Waals surface area contributed by atoms with Gasteiger partial charge in [0.15, 0.2) is 0 Å². The van der Waals surface area contributed by atoms with Gasteiger partial charge >= 0.3 is 0 Å². The fourth-order valence-electron chi connectivity index (χ4n) is 2.09. The lowest BCUT2D eigenvalue weighted by Crippen LogP contribution is -2.37. The van der Waals surface area contributed by atoms with E-state index in [1.807, 2.05) is 12.1 Å². The Balaban J connectivity index is 2.57. The molecule has 2 nitrogen and oxygen atoms in total. The zero-order chi connectivity index (χ0) is 13.6. The molecule has 1 unspecified atom stereocenters. The largest absolute Gasteiger partial charge is 0.330 e. The summed E-state index contributed by atoms with van der Waals surface area (Å²) in [7, 11) is 0. The van der Waals surface area contributed by atoms with Crippen molar-refractivity contribution < 1.29 is 4.39 Å². The van der Waals surface area contributed by atoms with Crippen LogP contribution < -0.4 is 11.1 Å². The van der Waals surface area contributed by atoms with Crippen molar-refractivity contribution in [3.63, 3.8) is 0 Å². The van der Waals surface area contributed by atoms with Gasteiger partial charge in [-0.3, -0.25) is 0 Å². The second-order valence-electron chi connectivity index (χ2n) is 5.50. The smallest absolute Gasteiger partial charge is 0.126 e. The zero-order valence-electron chi connectivity index (χ0n) is 11.7. The van der Waals surface area contributed by atoms with Gasteiger partial charge in [0, 0.05) is 12.0 Å². The first-order valence-electron chi connectivity index (χ1n) is 6.67. The van der Waals surface area contributed by atoms with Gasteiger partial charge in [0.25, 0.3) is 0 Å². The summed E-state index contributed by atoms with van der Waals surface area (Å²) in [4.78, 5) is 0. The highest BCUT2D eigenvalue weighted by molar-refractivity contribution is 5.25. The third-order valence-corrected chi connectivity index (χ3v) is 3.51. The van der Waals surface area contributed by atoms with E-state index in [1.165, 1.54) is 6.07 Å². The molecule has 1 aromatic rings. The Labute approximate surface area is 110 Å². The fourth-order valence-corrected chi connectivity index (χ4v) is 2.09. The van der Waals surface area contributed by atoms with Crippen LogP contribution in [-0.2, 0) is 5.41 Å². The molecule has 18 heavy (non-hydrogen) atoms. The van der Waals surface area contributed by atoms with Crippen LogP contribution in [-0.4, -0.2) is 19.6 Å². The van der Waals surface area contributed by atoms with Crippen molar-refractivity contribution in [1.82, 2.24) is 5.32 Å². The molecule has 0 aliphatic carbocycles. The van der Waals surface area contributed by atoms with Gasteiger partial charge in [-0.15, -0.1) is 0 Å². The van der Waals surface area contributed by atoms with Crippen molar-refractivity contribution in [1.29, 1.82) is 0 Å². The molecule has 0 radical (unpaired) electrons. The number of rotatable bonds is 7. The van der Waals surface area contributed by atoms with Crippen molar-refractivity contribution in [3.05, 3.63) is 35.6 Å². The highest BCUT2D eigenvalue weighted by Gasteiger charge is 2.23. The molecule has 1 rings (SSSR count). The molecule has 0 spiro atoms. The summed E-state index contributed by atoms with van der Waals surface area (Å²) >= 11 is 0. The van der Waals surface area contributed by atoms with Crippen LogP contribution in [0.3, 0.4) is 0 Å². The predicted molar refractivity (Wildman–Crippen MR) is 75.1 cm³/mol. The lowest BCUT2D eigenvalue weighted by molar-refractivity contribution is 0.404. The van der Waals surface area contributed by atoms with E-state index in [0.717, 1.165) is 25.1 Å². The van der Waals surface area contributed by atoms with E-state index in [2.05, 4.69) is 26.1 Å². The highest BCUT2D eigenvalue weighted by Crippen LogP contribution is 2.24. The summed E-state index contributed by atoms with van der Waals surface area (Å²) in [5.41, 5.74) is 6.22. The molecule has 0 aliphatic heterocycles. The maximum atomic E-state index is 13.8. The molecule has 0 heterocycles. The number of nitrogens with two attached hydrogens (primary N) is 1. The van der Waals surface area contributed by atoms with Gasteiger partial charge in [-0.2, -0.15) is 0 Å². The normalized spacial score (nSPS) is 13.6. The van der Waals surface area contributed by atoms with Crippen LogP contribution in [0.15, 0.2) is 24.3 Å². The number of halogens is 1. The third kappa shape index (κ3) is 4.07. The lowest BCUT2D eigenvalue weighted by atomic mass is 9.84. The molecular formula is C15H25FN2. The fraction of sp³-hybridized carbons (Fsp3) is 0.600. The van der Waals surface area contributed by atoms with Crippen LogP contribution in [0.1, 0.15) is 32.8 Å². The van der Waals surface area contributed by atoms with E-state index in [1.54, 1.807) is 6.07 Å². The molecule has 102 valence electrons. The van der Waals surface area contributed by atoms with Crippen molar-refractivity contribution >= 4 is 0 Å². The van der Waals surface area contributed by atoms with Crippen LogP contribution in [0, 0.1) is 11.7 Å². The van der Waals surface area contributed by atoms with E-state index in [4.69, 9.17) is 5.73 Å². The van der Waals surface area contributed by atoms with Crippen molar-refractivity contribution in [2.45, 2.75) is 32.6 Å². The summed E-state index contributed by atoms with van der Waals surface area (Å²) in [5, 5.41) is 3.41. The quantitative estimate of drug-likeness (QED) is 0.783. The summed E-state index contributed by atoms with van der Waals surface area (Å²) in [5.74, 6) is 0.372. The topological polar surface area (TPSA) is 38.0 Å². The second-order valence-corrected chi connectivity index (χ2v) is 5.50. The molecule has 0 saturated carbocycles. The average Bonchev–Trinajstić information content (AvgIpc) is 2.35. The standard InChI is InChI=1S/C15H25FN2/c1-4-12(9-17)10-18-11-15(2,3)13-7-5-6-8-14(13)16/h5-8,12,18H,4,9-11,17H2,1-3H3. The SMILES string of the molecule is CCC(CN)CNCC(C)(C)c1ccccc1F. The van der Waals surface area contributed by atoms with E-state index in [0.29, 0.717) is 12.5 Å². The molecule has 3 N–H and O–H groups in total. The Morgan fingerprint density at radius 2 is 2.00 bits per heavy atom. The molecule has 0 saturated heterocycles. The molecule has 1 atom stereocenters. The molecule has 0 aliphatic rings. The van der Waals surface area contributed by atoms with Gasteiger partial charge in [-0.05, 0) is 30.6 Å². The first-order valence-corrected chi connectivity index (χ1v) is 6.67. The average molecular weight is 252 g/mol. The Hall–Kier alpha value is -0.930. The number of hydrogen-bond acceptors (Lipinski definition) is 2. The van der Waals surface area contributed by atoms with Gasteiger partial charge < -0.3 is 11.1 Å². The van der Waals surface area contributed by atoms with Crippen molar-refractivity contribution in [3.8, 4) is 0 Å². The third-order valence-electron chi connectivity index (χ3n) is 3.51. The molecule has 0 fully saturated rings. The summed E-state index contributed by atoms with van der Waals surface area (Å²) in [6.07, 6.45) is 1.07. The van der Waals surface area contributed by atoms with Crippen LogP contribution in [0.5, 0.6) is 0 Å². The predicted octanol–water partition coefficient (Wildman–Crippen LogP) is 2.68. The van der Waals surface area contributed by atoms with Crippen LogP contribution in [0.4, 0.5) is 4.39 Å². The van der Waals surface area contributed by atoms with E-state index < -0.39 is 0 Å². The molecule has 3 heteroatoms. The van der Waals surface area contributed by atoms with E-state index >= 15 is 0 Å². The van der Waals surface area contributed by atoms with Gasteiger partial charge in [0.05, 0.1) is 0 Å². The molecule has 0 aromatic heterocycles. The van der Waals surface area contributed by atoms with Gasteiger partial charge in [0.2, 0.25) is 0 Å². The van der Waals surface area contributed by atoms with E-state index in [9.17, 15) is 4.39 Å². The van der Waals surface area contributed by atoms with E-state index in [-0.39, 0.29) is 11.2 Å². The summed E-state index contributed by atoms with van der Waals surface area (Å²) in [6, 6.07) is 6.99. The molecule has 0 amide bonds. The maximum Gasteiger partial charge on any atom is 0.126 e. The molecular weight excluding hydrogens is 227 g/mol. The van der Waals surface area contributed by atoms with Crippen molar-refractivity contribution in [2.24, 2.45) is 11.7 Å². The molecule has 0 bridgehead atoms. The molecule has 1 aromatic carbocycles. The Bertz CT molecular complexity index is 359. The summed E-state index contributed by atoms with van der Waals surface area (Å²) in [6.45, 7) is 8.60. The minimum atomic E-state index is -0.210. The number of benzene rings is 1. The Morgan fingerprint density at radius 3 is 2.56 bits per heavy atom. The number of nitrogens with one attached hydrogen (secondary N) is 1. The summed E-state index contributed by atoms with van der Waals surface area (Å²) < 4.78 is 13.8. The van der Waals surface area contributed by atoms with Crippen LogP contribution in [0.2, 0.25) is 0 Å². The van der Waals surface area contributed by atoms with Crippen molar-refractivity contribution in [2.75, 3.05) is 19.6 Å². The first-order chi connectivity index (χ1) is 8.51. The number of hydrogen-bond donors (Lipinski definition) is 2. The van der Waals surface area contributed by atoms with Gasteiger partial charge in [0.1, 0.15) is 5.82 Å². The Morgan fingerprint density at radius 1 is 1.33 bits per heavy atom. The van der Waals surface area contributed by atoms with Gasteiger partial charge in [-0.25, -0.2) is 4.39 Å². The van der Waals surface area contributed by atoms with Crippen LogP contribution in [0.25, 0.3) is 0 Å². The maximum absolute atomic E-state index is 13.8. The monoisotopic (exact) mass is 252 g/mol. The zero-order valence-corrected chi connectivity index (χ0v) is 11.7. The minimum absolute atomic E-state index is 0.129. The highest BCUT2D eigenvalue weighted by atomic mass is 19.1. The van der Waals surface area contributed by atoms with Crippen LogP contribution >= 0.6 is 0 Å². The lowest BCUT2D eigenvalue weighted by Gasteiger charge is -2.27.